The quantitative estimate of drug-likeness (QED) is 0.843. The molecule has 2 aromatic rings. The van der Waals surface area contributed by atoms with Crippen molar-refractivity contribution in [1.29, 1.82) is 0 Å². The van der Waals surface area contributed by atoms with E-state index in [-0.39, 0.29) is 5.82 Å². The second kappa shape index (κ2) is 7.14. The van der Waals surface area contributed by atoms with Crippen LogP contribution in [0.3, 0.4) is 0 Å². The normalized spacial score (nSPS) is 12.6. The van der Waals surface area contributed by atoms with Crippen molar-refractivity contribution in [2.75, 3.05) is 6.54 Å². The Morgan fingerprint density at radius 2 is 2.05 bits per heavy atom. The zero-order valence-electron chi connectivity index (χ0n) is 12.0. The maximum Gasteiger partial charge on any atom is 0.132 e. The van der Waals surface area contributed by atoms with Gasteiger partial charge in [-0.2, -0.15) is 0 Å². The molecule has 2 rings (SSSR count). The Morgan fingerprint density at radius 3 is 2.75 bits per heavy atom. The highest BCUT2D eigenvalue weighted by Crippen LogP contribution is 2.05. The van der Waals surface area contributed by atoms with Crippen LogP contribution >= 0.6 is 0 Å². The molecule has 0 radical (unpaired) electrons. The molecule has 1 atom stereocenters. The third-order valence-corrected chi connectivity index (χ3v) is 3.31. The van der Waals surface area contributed by atoms with Crippen LogP contribution in [0.4, 0.5) is 4.39 Å². The number of rotatable bonds is 7. The Kier molecular flexibility index (Phi) is 5.24. The van der Waals surface area contributed by atoms with Gasteiger partial charge in [0.1, 0.15) is 18.0 Å². The average molecular weight is 276 g/mol. The van der Waals surface area contributed by atoms with E-state index in [1.54, 1.807) is 6.33 Å². The fourth-order valence-corrected chi connectivity index (χ4v) is 2.22. The molecule has 0 aliphatic heterocycles. The molecule has 1 aromatic heterocycles. The van der Waals surface area contributed by atoms with Gasteiger partial charge in [0, 0.05) is 25.6 Å². The first-order valence-electron chi connectivity index (χ1n) is 7.03. The van der Waals surface area contributed by atoms with Crippen LogP contribution < -0.4 is 5.32 Å². The lowest BCUT2D eigenvalue weighted by atomic mass is 10.1. The second-order valence-electron chi connectivity index (χ2n) is 4.98. The molecule has 1 N–H and O–H groups in total. The van der Waals surface area contributed by atoms with Crippen molar-refractivity contribution in [3.63, 3.8) is 0 Å². The predicted octanol–water partition coefficient (Wildman–Crippen LogP) is 2.20. The van der Waals surface area contributed by atoms with Gasteiger partial charge in [-0.15, -0.1) is 10.2 Å². The molecule has 108 valence electrons. The summed E-state index contributed by atoms with van der Waals surface area (Å²) in [5, 5.41) is 11.4. The summed E-state index contributed by atoms with van der Waals surface area (Å²) in [6.07, 6.45) is 3.55. The number of hydrogen-bond acceptors (Lipinski definition) is 3. The molecule has 0 spiro atoms. The Labute approximate surface area is 119 Å². The Morgan fingerprint density at radius 1 is 1.30 bits per heavy atom. The van der Waals surface area contributed by atoms with Gasteiger partial charge in [0.2, 0.25) is 0 Å². The number of benzene rings is 1. The summed E-state index contributed by atoms with van der Waals surface area (Å²) >= 11 is 0. The molecule has 20 heavy (non-hydrogen) atoms. The predicted molar refractivity (Wildman–Crippen MR) is 77.0 cm³/mol. The summed E-state index contributed by atoms with van der Waals surface area (Å²) in [7, 11) is 0. The first kappa shape index (κ1) is 14.7. The SMILES string of the molecule is CCc1nncn1CCN[C@@H](C)Cc1ccc(F)cc1. The number of aryl methyl sites for hydroxylation is 1. The Bertz CT molecular complexity index is 521. The third-order valence-electron chi connectivity index (χ3n) is 3.31. The maximum absolute atomic E-state index is 12.8. The van der Waals surface area contributed by atoms with Crippen LogP contribution in [0, 0.1) is 5.82 Å². The van der Waals surface area contributed by atoms with Gasteiger partial charge in [-0.1, -0.05) is 19.1 Å². The zero-order chi connectivity index (χ0) is 14.4. The molecule has 4 nitrogen and oxygen atoms in total. The number of halogens is 1. The summed E-state index contributed by atoms with van der Waals surface area (Å²) in [4.78, 5) is 0. The largest absolute Gasteiger partial charge is 0.316 e. The second-order valence-corrected chi connectivity index (χ2v) is 4.98. The molecule has 0 bridgehead atoms. The van der Waals surface area contributed by atoms with Crippen molar-refractivity contribution in [1.82, 2.24) is 20.1 Å². The molecule has 0 aliphatic rings. The van der Waals surface area contributed by atoms with Gasteiger partial charge in [-0.3, -0.25) is 0 Å². The highest BCUT2D eigenvalue weighted by Gasteiger charge is 2.05. The van der Waals surface area contributed by atoms with E-state index in [2.05, 4.69) is 33.9 Å². The molecule has 1 aromatic carbocycles. The van der Waals surface area contributed by atoms with Crippen LogP contribution in [0.1, 0.15) is 25.2 Å². The lowest BCUT2D eigenvalue weighted by Crippen LogP contribution is -2.31. The molecule has 0 saturated heterocycles. The van der Waals surface area contributed by atoms with Gasteiger partial charge in [0.05, 0.1) is 0 Å². The standard InChI is InChI=1S/C15H21FN4/c1-3-15-19-18-11-20(15)9-8-17-12(2)10-13-4-6-14(16)7-5-13/h4-7,11-12,17H,3,8-10H2,1-2H3/t12-/m0/s1. The van der Waals surface area contributed by atoms with E-state index < -0.39 is 0 Å². The number of nitrogens with one attached hydrogen (secondary N) is 1. The fourth-order valence-electron chi connectivity index (χ4n) is 2.22. The third kappa shape index (κ3) is 4.13. The summed E-state index contributed by atoms with van der Waals surface area (Å²) < 4.78 is 14.9. The van der Waals surface area contributed by atoms with E-state index in [0.29, 0.717) is 6.04 Å². The van der Waals surface area contributed by atoms with Crippen molar-refractivity contribution in [3.05, 3.63) is 47.8 Å². The van der Waals surface area contributed by atoms with E-state index in [9.17, 15) is 4.39 Å². The molecule has 5 heteroatoms. The summed E-state index contributed by atoms with van der Waals surface area (Å²) in [5.74, 6) is 0.826. The van der Waals surface area contributed by atoms with Crippen molar-refractivity contribution >= 4 is 0 Å². The van der Waals surface area contributed by atoms with Crippen LogP contribution in [-0.4, -0.2) is 27.4 Å². The van der Waals surface area contributed by atoms with Gasteiger partial charge >= 0.3 is 0 Å². The minimum Gasteiger partial charge on any atom is -0.316 e. The van der Waals surface area contributed by atoms with Crippen molar-refractivity contribution in [3.8, 4) is 0 Å². The fraction of sp³-hybridized carbons (Fsp3) is 0.467. The molecule has 0 saturated carbocycles. The van der Waals surface area contributed by atoms with Crippen LogP contribution in [0.2, 0.25) is 0 Å². The monoisotopic (exact) mass is 276 g/mol. The molecular weight excluding hydrogens is 255 g/mol. The molecule has 0 amide bonds. The van der Waals surface area contributed by atoms with E-state index in [0.717, 1.165) is 37.3 Å². The smallest absolute Gasteiger partial charge is 0.132 e. The molecule has 0 unspecified atom stereocenters. The van der Waals surface area contributed by atoms with Gasteiger partial charge in [-0.05, 0) is 31.0 Å². The first-order chi connectivity index (χ1) is 9.69. The molecular formula is C15H21FN4. The van der Waals surface area contributed by atoms with Gasteiger partial charge in [0.15, 0.2) is 0 Å². The summed E-state index contributed by atoms with van der Waals surface area (Å²) in [5.41, 5.74) is 1.14. The highest BCUT2D eigenvalue weighted by atomic mass is 19.1. The molecule has 0 aliphatic carbocycles. The van der Waals surface area contributed by atoms with E-state index in [1.165, 1.54) is 12.1 Å². The summed E-state index contributed by atoms with van der Waals surface area (Å²) in [6, 6.07) is 7.03. The first-order valence-corrected chi connectivity index (χ1v) is 7.03. The van der Waals surface area contributed by atoms with Gasteiger partial charge in [0.25, 0.3) is 0 Å². The van der Waals surface area contributed by atoms with Gasteiger partial charge < -0.3 is 9.88 Å². The maximum atomic E-state index is 12.8. The average Bonchev–Trinajstić information content (AvgIpc) is 2.89. The van der Waals surface area contributed by atoms with Crippen LogP contribution in [0.25, 0.3) is 0 Å². The minimum absolute atomic E-state index is 0.186. The molecule has 1 heterocycles. The van der Waals surface area contributed by atoms with Crippen molar-refractivity contribution in [2.24, 2.45) is 0 Å². The zero-order valence-corrected chi connectivity index (χ0v) is 12.0. The molecule has 0 fully saturated rings. The number of nitrogens with zero attached hydrogens (tertiary/aromatic N) is 3. The van der Waals surface area contributed by atoms with E-state index in [4.69, 9.17) is 0 Å². The number of aromatic nitrogens is 3. The summed E-state index contributed by atoms with van der Waals surface area (Å²) in [6.45, 7) is 5.94. The van der Waals surface area contributed by atoms with Crippen LogP contribution in [-0.2, 0) is 19.4 Å². The topological polar surface area (TPSA) is 42.7 Å². The lowest BCUT2D eigenvalue weighted by molar-refractivity contribution is 0.505. The Balaban J connectivity index is 1.75. The van der Waals surface area contributed by atoms with E-state index in [1.807, 2.05) is 12.1 Å². The van der Waals surface area contributed by atoms with Crippen LogP contribution in [0.5, 0.6) is 0 Å². The van der Waals surface area contributed by atoms with Gasteiger partial charge in [-0.25, -0.2) is 4.39 Å². The highest BCUT2D eigenvalue weighted by molar-refractivity contribution is 5.16. The van der Waals surface area contributed by atoms with Crippen molar-refractivity contribution < 1.29 is 4.39 Å². The number of hydrogen-bond donors (Lipinski definition) is 1. The lowest BCUT2D eigenvalue weighted by Gasteiger charge is -2.14. The Hall–Kier alpha value is -1.75. The van der Waals surface area contributed by atoms with Crippen molar-refractivity contribution in [2.45, 2.75) is 39.3 Å². The minimum atomic E-state index is -0.186. The van der Waals surface area contributed by atoms with Crippen LogP contribution in [0.15, 0.2) is 30.6 Å². The van der Waals surface area contributed by atoms with E-state index >= 15 is 0 Å².